The molecular formula is C84H105N11O17. The van der Waals surface area contributed by atoms with Crippen molar-refractivity contribution in [2.75, 3.05) is 74.5 Å². The number of carbonyl (C=O) groups is 10. The molecule has 598 valence electrons. The first kappa shape index (κ1) is 83.6. The number of anilines is 1. The van der Waals surface area contributed by atoms with Crippen LogP contribution in [-0.2, 0) is 88.3 Å². The first-order valence-electron chi connectivity index (χ1n) is 38.8. The summed E-state index contributed by atoms with van der Waals surface area (Å²) in [7, 11) is 16.0. The highest BCUT2D eigenvalue weighted by molar-refractivity contribution is 6.26. The second-order valence-electron chi connectivity index (χ2n) is 29.4. The van der Waals surface area contributed by atoms with Gasteiger partial charge in [0.15, 0.2) is 0 Å². The van der Waals surface area contributed by atoms with Gasteiger partial charge in [-0.05, 0) is 156 Å². The summed E-state index contributed by atoms with van der Waals surface area (Å²) in [5, 5.41) is 22.8. The summed E-state index contributed by atoms with van der Waals surface area (Å²) >= 11 is 0. The van der Waals surface area contributed by atoms with Gasteiger partial charge in [-0.15, -0.1) is 0 Å². The Morgan fingerprint density at radius 2 is 1.03 bits per heavy atom. The SMILES string of the molecule is CNCc1c(OC)cc(-c2cn(C)c(=O)c3c2CCNC3)cc1OC.COc1cc(-c2cn(C)c(=O)c3c2CCN(C(=O)CCCCCCCCNc2cccc4c2C(=O)N(C2CCC(=O)NC2=O)C4=O)C3)cc(OC)c1CN(C)C.O=C(O)CCCCCCCCCc1cccc2c1C(=O)N(C1CCC(=O)NC1=O)C2=O. The maximum Gasteiger partial charge on any atom is 0.303 e. The number of pyridine rings is 2. The average molecular weight is 1540 g/mol. The molecule has 6 N–H and O–H groups in total. The van der Waals surface area contributed by atoms with Crippen LogP contribution >= 0.6 is 0 Å². The van der Waals surface area contributed by atoms with Gasteiger partial charge in [-0.3, -0.25) is 78.0 Å². The molecule has 0 aliphatic carbocycles. The maximum absolute atomic E-state index is 13.4. The van der Waals surface area contributed by atoms with Crippen LogP contribution in [-0.4, -0.2) is 174 Å². The third kappa shape index (κ3) is 19.4. The third-order valence-electron chi connectivity index (χ3n) is 21.5. The van der Waals surface area contributed by atoms with Crippen molar-refractivity contribution in [1.82, 2.24) is 50.0 Å². The number of carboxylic acids is 1. The van der Waals surface area contributed by atoms with Crippen molar-refractivity contribution in [2.24, 2.45) is 14.1 Å². The number of aromatic nitrogens is 2. The summed E-state index contributed by atoms with van der Waals surface area (Å²) in [6.07, 6.45) is 19.0. The fourth-order valence-corrected chi connectivity index (χ4v) is 15.8. The summed E-state index contributed by atoms with van der Waals surface area (Å²) in [5.41, 5.74) is 12.0. The van der Waals surface area contributed by atoms with E-state index < -0.39 is 59.4 Å². The lowest BCUT2D eigenvalue weighted by Crippen LogP contribution is -2.54. The van der Waals surface area contributed by atoms with Gasteiger partial charge in [0.1, 0.15) is 35.1 Å². The number of fused-ring (bicyclic) bond motifs is 4. The van der Waals surface area contributed by atoms with E-state index in [2.05, 4.69) is 31.5 Å². The normalized spacial score (nSPS) is 16.4. The Morgan fingerprint density at radius 3 is 1.55 bits per heavy atom. The molecule has 2 saturated heterocycles. The number of piperidine rings is 2. The molecule has 6 aliphatic heterocycles. The van der Waals surface area contributed by atoms with Gasteiger partial charge in [0, 0.05) is 118 Å². The van der Waals surface area contributed by atoms with Gasteiger partial charge < -0.3 is 58.9 Å². The Morgan fingerprint density at radius 1 is 0.545 bits per heavy atom. The summed E-state index contributed by atoms with van der Waals surface area (Å²) in [5.74, 6) is -1.71. The maximum atomic E-state index is 13.4. The molecule has 0 radical (unpaired) electrons. The number of carboxylic acid groups (broad SMARTS) is 1. The van der Waals surface area contributed by atoms with E-state index in [1.807, 2.05) is 68.8 Å². The Bertz CT molecular complexity index is 4650. The summed E-state index contributed by atoms with van der Waals surface area (Å²) in [6.45, 7) is 4.23. The number of carbonyl (C=O) groups excluding carboxylic acids is 9. The van der Waals surface area contributed by atoms with Crippen LogP contribution in [0.4, 0.5) is 5.69 Å². The van der Waals surface area contributed by atoms with Crippen molar-refractivity contribution in [3.63, 3.8) is 0 Å². The Balaban J connectivity index is 0.000000199. The van der Waals surface area contributed by atoms with Crippen LogP contribution in [0.2, 0.25) is 0 Å². The van der Waals surface area contributed by atoms with E-state index >= 15 is 0 Å². The number of benzene rings is 4. The molecule has 2 fully saturated rings. The molecule has 0 saturated carbocycles. The van der Waals surface area contributed by atoms with Crippen LogP contribution in [0.25, 0.3) is 22.3 Å². The van der Waals surface area contributed by atoms with E-state index in [4.69, 9.17) is 24.1 Å². The van der Waals surface area contributed by atoms with Gasteiger partial charge in [0.2, 0.25) is 29.5 Å². The Kier molecular flexibility index (Phi) is 29.0. The molecule has 8 heterocycles. The fraction of sp³-hybridized carbons (Fsp3) is 0.476. The Labute approximate surface area is 652 Å². The quantitative estimate of drug-likeness (QED) is 0.0170. The van der Waals surface area contributed by atoms with Crippen LogP contribution < -0.4 is 56.6 Å². The molecule has 4 aromatic carbocycles. The molecule has 6 aliphatic rings. The molecular weight excluding hydrogens is 1430 g/mol. The van der Waals surface area contributed by atoms with Crippen molar-refractivity contribution in [3.8, 4) is 45.3 Å². The largest absolute Gasteiger partial charge is 0.496 e. The van der Waals surface area contributed by atoms with E-state index in [0.29, 0.717) is 92.3 Å². The second-order valence-corrected chi connectivity index (χ2v) is 29.4. The van der Waals surface area contributed by atoms with E-state index in [1.165, 1.54) is 0 Å². The third-order valence-corrected chi connectivity index (χ3v) is 21.5. The number of aryl methyl sites for hydroxylation is 3. The Hall–Kier alpha value is -10.8. The number of imide groups is 4. The smallest absolute Gasteiger partial charge is 0.303 e. The minimum absolute atomic E-state index is 0.0586. The van der Waals surface area contributed by atoms with Gasteiger partial charge in [-0.2, -0.15) is 0 Å². The molecule has 28 heteroatoms. The highest BCUT2D eigenvalue weighted by atomic mass is 16.5. The lowest BCUT2D eigenvalue weighted by molar-refractivity contribution is -0.138. The summed E-state index contributed by atoms with van der Waals surface area (Å²) in [4.78, 5) is 155. The number of nitrogens with one attached hydrogen (secondary N) is 5. The number of rotatable bonds is 32. The van der Waals surface area contributed by atoms with Crippen LogP contribution in [0.15, 0.2) is 82.6 Å². The molecule has 2 aromatic heterocycles. The number of aliphatic carboxylic acids is 1. The highest BCUT2D eigenvalue weighted by Crippen LogP contribution is 2.41. The molecule has 2 atom stereocenters. The first-order chi connectivity index (χ1) is 53.9. The van der Waals surface area contributed by atoms with Gasteiger partial charge in [0.05, 0.1) is 62.8 Å². The predicted octanol–water partition coefficient (Wildman–Crippen LogP) is 8.53. The molecule has 28 nitrogen and oxygen atoms in total. The van der Waals surface area contributed by atoms with Crippen molar-refractivity contribution in [2.45, 2.75) is 180 Å². The van der Waals surface area contributed by atoms with Crippen LogP contribution in [0.1, 0.15) is 202 Å². The van der Waals surface area contributed by atoms with Crippen molar-refractivity contribution in [1.29, 1.82) is 0 Å². The van der Waals surface area contributed by atoms with Gasteiger partial charge in [-0.1, -0.05) is 76.0 Å². The van der Waals surface area contributed by atoms with Crippen LogP contribution in [0, 0.1) is 0 Å². The van der Waals surface area contributed by atoms with Gasteiger partial charge >= 0.3 is 5.97 Å². The highest BCUT2D eigenvalue weighted by Gasteiger charge is 2.47. The van der Waals surface area contributed by atoms with Gasteiger partial charge in [-0.25, -0.2) is 0 Å². The zero-order chi connectivity index (χ0) is 80.4. The summed E-state index contributed by atoms with van der Waals surface area (Å²) < 4.78 is 26.0. The first-order valence-corrected chi connectivity index (χ1v) is 38.8. The molecule has 6 aromatic rings. The number of ether oxygens (including phenoxy) is 4. The van der Waals surface area contributed by atoms with Crippen LogP contribution in [0.5, 0.6) is 23.0 Å². The number of hydrogen-bond acceptors (Lipinski definition) is 20. The molecule has 2 unspecified atom stereocenters. The fourth-order valence-electron chi connectivity index (χ4n) is 15.8. The average Bonchev–Trinajstić information content (AvgIpc) is 1.65. The molecule has 0 spiro atoms. The standard InChI is InChI=1S/C42H52N6O8.C23H28N2O6.C19H25N3O3/c1-45(2)23-31-34(55-4)21-26(22-35(31)56-5)29-24-46(3)40(52)30-25-47(20-18-27(29)30)37(50)15-10-8-6-7-9-11-19-43-32-14-12-13-28-38(32)42(54)48(41(28)53)33-16-17-36(49)44-39(33)51;26-18-14-13-17(21(29)24-18)25-22(30)16-11-8-10-15(20(16)23(25)31)9-6-4-2-1-3-5-7-12-19(27)28;1-20-9-15-17(24-3)7-12(8-18(15)25-4)16-11-22(2)19(23)14-10-21-6-5-13(14)16/h12-14,21-22,24,33,43H,6-11,15-20,23,25H2,1-5H3,(H,44,49,51);8,10-11,17H,1-7,9,12-14H2,(H,27,28)(H,24,26,29);7-8,11,20-21H,5-6,9-10H2,1-4H3. The lowest BCUT2D eigenvalue weighted by atomic mass is 9.91. The van der Waals surface area contributed by atoms with Gasteiger partial charge in [0.25, 0.3) is 34.7 Å². The molecule has 112 heavy (non-hydrogen) atoms. The molecule has 9 amide bonds. The number of amides is 9. The topological polar surface area (TPSA) is 345 Å². The minimum atomic E-state index is -1.000. The predicted molar refractivity (Wildman–Crippen MR) is 420 cm³/mol. The lowest BCUT2D eigenvalue weighted by Gasteiger charge is -2.30. The zero-order valence-corrected chi connectivity index (χ0v) is 65.8. The molecule has 12 rings (SSSR count). The number of unbranched alkanes of at least 4 members (excludes halogenated alkanes) is 11. The van der Waals surface area contributed by atoms with E-state index in [-0.39, 0.29) is 72.7 Å². The summed E-state index contributed by atoms with van der Waals surface area (Å²) in [6, 6.07) is 16.4. The monoisotopic (exact) mass is 1540 g/mol. The van der Waals surface area contributed by atoms with Crippen molar-refractivity contribution >= 4 is 64.8 Å². The van der Waals surface area contributed by atoms with Crippen molar-refractivity contribution in [3.05, 3.63) is 155 Å². The van der Waals surface area contributed by atoms with Crippen LogP contribution in [0.3, 0.4) is 0 Å². The van der Waals surface area contributed by atoms with E-state index in [1.54, 1.807) is 82.0 Å². The minimum Gasteiger partial charge on any atom is -0.496 e. The second kappa shape index (κ2) is 38.9. The zero-order valence-electron chi connectivity index (χ0n) is 65.8. The number of methoxy groups -OCH3 is 4. The number of hydrogen-bond donors (Lipinski definition) is 6. The number of nitrogens with zero attached hydrogens (tertiary/aromatic N) is 6. The van der Waals surface area contributed by atoms with E-state index in [0.717, 1.165) is 167 Å². The van der Waals surface area contributed by atoms with E-state index in [9.17, 15) is 57.5 Å². The molecule has 0 bridgehead atoms. The van der Waals surface area contributed by atoms with Crippen molar-refractivity contribution < 1.29 is 72.0 Å².